The molecule has 1 aromatic carbocycles. The second-order valence-corrected chi connectivity index (χ2v) is 5.47. The smallest absolute Gasteiger partial charge is 0.271 e. The van der Waals surface area contributed by atoms with E-state index in [2.05, 4.69) is 10.3 Å². The number of rotatable bonds is 5. The van der Waals surface area contributed by atoms with Gasteiger partial charge in [0.05, 0.1) is 14.2 Å². The fourth-order valence-electron chi connectivity index (χ4n) is 2.48. The van der Waals surface area contributed by atoms with Crippen LogP contribution in [0.2, 0.25) is 0 Å². The lowest BCUT2D eigenvalue weighted by atomic mass is 10.2. The molecule has 0 unspecified atom stereocenters. The number of benzene rings is 1. The van der Waals surface area contributed by atoms with E-state index in [1.807, 2.05) is 47.9 Å². The summed E-state index contributed by atoms with van der Waals surface area (Å²) >= 11 is 0. The monoisotopic (exact) mass is 325 g/mol. The first kappa shape index (κ1) is 15.9. The van der Waals surface area contributed by atoms with E-state index in [0.29, 0.717) is 23.7 Å². The van der Waals surface area contributed by atoms with Crippen LogP contribution >= 0.6 is 0 Å². The Labute approximate surface area is 140 Å². The number of hydrogen-bond acceptors (Lipinski definition) is 4. The maximum absolute atomic E-state index is 12.3. The predicted molar refractivity (Wildman–Crippen MR) is 90.6 cm³/mol. The zero-order valence-electron chi connectivity index (χ0n) is 13.9. The van der Waals surface area contributed by atoms with Gasteiger partial charge < -0.3 is 19.2 Å². The highest BCUT2D eigenvalue weighted by Gasteiger charge is 2.11. The summed E-state index contributed by atoms with van der Waals surface area (Å²) in [7, 11) is 3.17. The van der Waals surface area contributed by atoms with Gasteiger partial charge in [-0.05, 0) is 36.2 Å². The van der Waals surface area contributed by atoms with E-state index >= 15 is 0 Å². The fraction of sp³-hybridized carbons (Fsp3) is 0.222. The molecular weight excluding hydrogens is 306 g/mol. The first-order valence-electron chi connectivity index (χ1n) is 7.55. The molecule has 0 radical (unpaired) electrons. The Kier molecular flexibility index (Phi) is 4.37. The van der Waals surface area contributed by atoms with Gasteiger partial charge in [-0.15, -0.1) is 0 Å². The minimum Gasteiger partial charge on any atom is -0.493 e. The lowest BCUT2D eigenvalue weighted by molar-refractivity contribution is 0.0946. The third kappa shape index (κ3) is 3.17. The number of hydrogen-bond donors (Lipinski definition) is 1. The number of amides is 1. The molecule has 0 saturated carbocycles. The molecule has 0 fully saturated rings. The molecule has 2 aromatic heterocycles. The maximum atomic E-state index is 12.3. The summed E-state index contributed by atoms with van der Waals surface area (Å²) in [6.07, 6.45) is 3.67. The van der Waals surface area contributed by atoms with Crippen molar-refractivity contribution in [1.29, 1.82) is 0 Å². The molecule has 6 nitrogen and oxygen atoms in total. The Hall–Kier alpha value is -3.02. The number of nitrogens with one attached hydrogen (secondary N) is 1. The highest BCUT2D eigenvalue weighted by molar-refractivity contribution is 5.92. The molecule has 2 heterocycles. The number of carbonyl (C=O) groups is 1. The quantitative estimate of drug-likeness (QED) is 0.783. The van der Waals surface area contributed by atoms with Gasteiger partial charge in [-0.1, -0.05) is 12.1 Å². The molecule has 124 valence electrons. The average molecular weight is 325 g/mol. The third-order valence-electron chi connectivity index (χ3n) is 3.73. The number of fused-ring (bicyclic) bond motifs is 1. The van der Waals surface area contributed by atoms with Crippen molar-refractivity contribution < 1.29 is 14.3 Å². The molecule has 1 N–H and O–H groups in total. The van der Waals surface area contributed by atoms with Gasteiger partial charge in [0.2, 0.25) is 0 Å². The van der Waals surface area contributed by atoms with Crippen LogP contribution in [-0.2, 0) is 6.54 Å². The number of aromatic nitrogens is 2. The lowest BCUT2D eigenvalue weighted by Gasteiger charge is -2.10. The SMILES string of the molecule is COc1ccc(CNC(=O)c2cn3cc(C)ccc3n2)cc1OC. The molecule has 24 heavy (non-hydrogen) atoms. The lowest BCUT2D eigenvalue weighted by Crippen LogP contribution is -2.23. The van der Waals surface area contributed by atoms with E-state index in [0.717, 1.165) is 16.8 Å². The molecule has 3 aromatic rings. The Morgan fingerprint density at radius 1 is 1.12 bits per heavy atom. The van der Waals surface area contributed by atoms with Crippen LogP contribution in [0.1, 0.15) is 21.6 Å². The number of carbonyl (C=O) groups excluding carboxylic acids is 1. The molecular formula is C18H19N3O3. The molecule has 0 saturated heterocycles. The molecule has 0 aliphatic rings. The van der Waals surface area contributed by atoms with Crippen molar-refractivity contribution in [3.63, 3.8) is 0 Å². The van der Waals surface area contributed by atoms with E-state index in [4.69, 9.17) is 9.47 Å². The Bertz CT molecular complexity index is 886. The zero-order valence-corrected chi connectivity index (χ0v) is 13.9. The third-order valence-corrected chi connectivity index (χ3v) is 3.73. The van der Waals surface area contributed by atoms with E-state index < -0.39 is 0 Å². The summed E-state index contributed by atoms with van der Waals surface area (Å²) in [5, 5.41) is 2.87. The average Bonchev–Trinajstić information content (AvgIpc) is 3.02. The zero-order chi connectivity index (χ0) is 17.1. The largest absolute Gasteiger partial charge is 0.493 e. The summed E-state index contributed by atoms with van der Waals surface area (Å²) in [5.74, 6) is 1.07. The van der Waals surface area contributed by atoms with E-state index in [1.54, 1.807) is 20.4 Å². The minimum atomic E-state index is -0.217. The Balaban J connectivity index is 1.72. The molecule has 1 amide bonds. The van der Waals surface area contributed by atoms with E-state index in [1.165, 1.54) is 0 Å². The fourth-order valence-corrected chi connectivity index (χ4v) is 2.48. The van der Waals surface area contributed by atoms with Gasteiger partial charge in [0, 0.05) is 18.9 Å². The minimum absolute atomic E-state index is 0.217. The van der Waals surface area contributed by atoms with Crippen LogP contribution < -0.4 is 14.8 Å². The number of methoxy groups -OCH3 is 2. The van der Waals surface area contributed by atoms with Crippen molar-refractivity contribution in [2.24, 2.45) is 0 Å². The number of nitrogens with zero attached hydrogens (tertiary/aromatic N) is 2. The molecule has 0 spiro atoms. The number of imidazole rings is 1. The van der Waals surface area contributed by atoms with Crippen LogP contribution in [0.3, 0.4) is 0 Å². The van der Waals surface area contributed by atoms with Gasteiger partial charge >= 0.3 is 0 Å². The summed E-state index contributed by atoms with van der Waals surface area (Å²) in [6, 6.07) is 9.39. The van der Waals surface area contributed by atoms with Crippen molar-refractivity contribution in [1.82, 2.24) is 14.7 Å². The second kappa shape index (κ2) is 6.62. The van der Waals surface area contributed by atoms with Crippen LogP contribution in [0.4, 0.5) is 0 Å². The first-order valence-corrected chi connectivity index (χ1v) is 7.55. The summed E-state index contributed by atoms with van der Waals surface area (Å²) in [4.78, 5) is 16.6. The molecule has 0 bridgehead atoms. The Morgan fingerprint density at radius 3 is 2.67 bits per heavy atom. The van der Waals surface area contributed by atoms with Crippen LogP contribution in [0.25, 0.3) is 5.65 Å². The van der Waals surface area contributed by atoms with Gasteiger partial charge in [0.1, 0.15) is 11.3 Å². The first-order chi connectivity index (χ1) is 11.6. The van der Waals surface area contributed by atoms with Crippen molar-refractivity contribution in [3.8, 4) is 11.5 Å². The normalized spacial score (nSPS) is 10.6. The van der Waals surface area contributed by atoms with E-state index in [9.17, 15) is 4.79 Å². The topological polar surface area (TPSA) is 64.9 Å². The molecule has 6 heteroatoms. The number of ether oxygens (including phenoxy) is 2. The number of aryl methyl sites for hydroxylation is 1. The van der Waals surface area contributed by atoms with E-state index in [-0.39, 0.29) is 5.91 Å². The predicted octanol–water partition coefficient (Wildman–Crippen LogP) is 2.59. The second-order valence-electron chi connectivity index (χ2n) is 5.47. The van der Waals surface area contributed by atoms with Gasteiger partial charge in [-0.2, -0.15) is 0 Å². The van der Waals surface area contributed by atoms with Crippen LogP contribution in [0.15, 0.2) is 42.7 Å². The molecule has 0 aliphatic heterocycles. The highest BCUT2D eigenvalue weighted by Crippen LogP contribution is 2.27. The van der Waals surface area contributed by atoms with Gasteiger partial charge in [-0.3, -0.25) is 4.79 Å². The summed E-state index contributed by atoms with van der Waals surface area (Å²) in [5.41, 5.74) is 3.16. The molecule has 0 aliphatic carbocycles. The molecule has 0 atom stereocenters. The number of pyridine rings is 1. The molecule has 3 rings (SSSR count). The van der Waals surface area contributed by atoms with Gasteiger partial charge in [-0.25, -0.2) is 4.98 Å². The highest BCUT2D eigenvalue weighted by atomic mass is 16.5. The standard InChI is InChI=1S/C18H19N3O3/c1-12-4-7-17-20-14(11-21(17)10-12)18(22)19-9-13-5-6-15(23-2)16(8-13)24-3/h4-8,10-11H,9H2,1-3H3,(H,19,22). The van der Waals surface area contributed by atoms with Crippen LogP contribution in [0.5, 0.6) is 11.5 Å². The Morgan fingerprint density at radius 2 is 1.92 bits per heavy atom. The van der Waals surface area contributed by atoms with Crippen LogP contribution in [-0.4, -0.2) is 29.5 Å². The summed E-state index contributed by atoms with van der Waals surface area (Å²) < 4.78 is 12.3. The van der Waals surface area contributed by atoms with Gasteiger partial charge in [0.15, 0.2) is 11.5 Å². The van der Waals surface area contributed by atoms with Crippen molar-refractivity contribution in [2.75, 3.05) is 14.2 Å². The summed E-state index contributed by atoms with van der Waals surface area (Å²) in [6.45, 7) is 2.38. The van der Waals surface area contributed by atoms with Crippen molar-refractivity contribution in [2.45, 2.75) is 13.5 Å². The van der Waals surface area contributed by atoms with Gasteiger partial charge in [0.25, 0.3) is 5.91 Å². The van der Waals surface area contributed by atoms with Crippen molar-refractivity contribution in [3.05, 3.63) is 59.5 Å². The van der Waals surface area contributed by atoms with Crippen molar-refractivity contribution >= 4 is 11.6 Å². The van der Waals surface area contributed by atoms with Crippen LogP contribution in [0, 0.1) is 6.92 Å². The maximum Gasteiger partial charge on any atom is 0.271 e.